The number of hydrogen-bond acceptors (Lipinski definition) is 2. The van der Waals surface area contributed by atoms with E-state index < -0.39 is 0 Å². The lowest BCUT2D eigenvalue weighted by atomic mass is 10.2. The molecule has 0 saturated carbocycles. The standard InChI is InChI=1S/C10H12O2/c1-8-3-5-10(6-4-8)12-9(2)7-11/h3-7,9H,1-2H3/t9-/m0/s1. The minimum Gasteiger partial charge on any atom is -0.483 e. The first-order chi connectivity index (χ1) is 5.72. The summed E-state index contributed by atoms with van der Waals surface area (Å²) in [6, 6.07) is 7.62. The SMILES string of the molecule is Cc1ccc(O[C@@H](C)C=O)cc1. The third-order valence-electron chi connectivity index (χ3n) is 1.53. The summed E-state index contributed by atoms with van der Waals surface area (Å²) >= 11 is 0. The van der Waals surface area contributed by atoms with E-state index in [9.17, 15) is 4.79 Å². The molecule has 0 unspecified atom stereocenters. The van der Waals surface area contributed by atoms with Crippen molar-refractivity contribution in [2.75, 3.05) is 0 Å². The third kappa shape index (κ3) is 2.38. The third-order valence-corrected chi connectivity index (χ3v) is 1.53. The Hall–Kier alpha value is -1.31. The van der Waals surface area contributed by atoms with Gasteiger partial charge in [0.15, 0.2) is 12.4 Å². The average molecular weight is 164 g/mol. The Labute approximate surface area is 72.2 Å². The van der Waals surface area contributed by atoms with Gasteiger partial charge in [0.05, 0.1) is 0 Å². The number of aryl methyl sites for hydroxylation is 1. The van der Waals surface area contributed by atoms with Crippen LogP contribution >= 0.6 is 0 Å². The fourth-order valence-corrected chi connectivity index (χ4v) is 0.859. The zero-order valence-corrected chi connectivity index (χ0v) is 7.28. The van der Waals surface area contributed by atoms with E-state index in [1.54, 1.807) is 6.92 Å². The van der Waals surface area contributed by atoms with Crippen molar-refractivity contribution in [2.24, 2.45) is 0 Å². The van der Waals surface area contributed by atoms with E-state index in [1.807, 2.05) is 31.2 Å². The van der Waals surface area contributed by atoms with E-state index in [0.717, 1.165) is 12.0 Å². The van der Waals surface area contributed by atoms with Gasteiger partial charge in [-0.25, -0.2) is 0 Å². The van der Waals surface area contributed by atoms with Crippen LogP contribution in [0.4, 0.5) is 0 Å². The average Bonchev–Trinajstić information content (AvgIpc) is 2.09. The summed E-state index contributed by atoms with van der Waals surface area (Å²) in [4.78, 5) is 10.3. The summed E-state index contributed by atoms with van der Waals surface area (Å²) in [5, 5.41) is 0. The molecule has 12 heavy (non-hydrogen) atoms. The topological polar surface area (TPSA) is 26.3 Å². The van der Waals surface area contributed by atoms with Gasteiger partial charge in [0.25, 0.3) is 0 Å². The fraction of sp³-hybridized carbons (Fsp3) is 0.300. The lowest BCUT2D eigenvalue weighted by Crippen LogP contribution is -2.12. The molecule has 1 aromatic carbocycles. The highest BCUT2D eigenvalue weighted by atomic mass is 16.5. The van der Waals surface area contributed by atoms with Gasteiger partial charge >= 0.3 is 0 Å². The van der Waals surface area contributed by atoms with Gasteiger partial charge in [0.2, 0.25) is 0 Å². The van der Waals surface area contributed by atoms with Crippen molar-refractivity contribution in [3.05, 3.63) is 29.8 Å². The first-order valence-corrected chi connectivity index (χ1v) is 3.91. The number of hydrogen-bond donors (Lipinski definition) is 0. The van der Waals surface area contributed by atoms with Crippen molar-refractivity contribution in [1.82, 2.24) is 0 Å². The van der Waals surface area contributed by atoms with Crippen molar-refractivity contribution in [3.8, 4) is 5.75 Å². The summed E-state index contributed by atoms with van der Waals surface area (Å²) in [5.41, 5.74) is 1.18. The van der Waals surface area contributed by atoms with E-state index in [2.05, 4.69) is 0 Å². The minimum atomic E-state index is -0.368. The minimum absolute atomic E-state index is 0.368. The molecule has 2 nitrogen and oxygen atoms in total. The van der Waals surface area contributed by atoms with E-state index in [-0.39, 0.29) is 6.10 Å². The zero-order chi connectivity index (χ0) is 8.97. The monoisotopic (exact) mass is 164 g/mol. The number of ether oxygens (including phenoxy) is 1. The van der Waals surface area contributed by atoms with Gasteiger partial charge in [-0.3, -0.25) is 4.79 Å². The molecular weight excluding hydrogens is 152 g/mol. The van der Waals surface area contributed by atoms with Crippen LogP contribution in [0.3, 0.4) is 0 Å². The predicted octanol–water partition coefficient (Wildman–Crippen LogP) is 1.96. The van der Waals surface area contributed by atoms with E-state index in [4.69, 9.17) is 4.74 Å². The Balaban J connectivity index is 2.64. The molecule has 0 fully saturated rings. The highest BCUT2D eigenvalue weighted by Crippen LogP contribution is 2.12. The van der Waals surface area contributed by atoms with Gasteiger partial charge in [-0.2, -0.15) is 0 Å². The lowest BCUT2D eigenvalue weighted by Gasteiger charge is -2.07. The number of rotatable bonds is 3. The van der Waals surface area contributed by atoms with Crippen molar-refractivity contribution >= 4 is 6.29 Å². The summed E-state index contributed by atoms with van der Waals surface area (Å²) < 4.78 is 5.25. The van der Waals surface area contributed by atoms with Crippen LogP contribution in [0.1, 0.15) is 12.5 Å². The zero-order valence-electron chi connectivity index (χ0n) is 7.28. The van der Waals surface area contributed by atoms with Gasteiger partial charge in [-0.15, -0.1) is 0 Å². The van der Waals surface area contributed by atoms with Crippen molar-refractivity contribution in [3.63, 3.8) is 0 Å². The maximum Gasteiger partial charge on any atom is 0.160 e. The molecule has 1 atom stereocenters. The molecule has 0 amide bonds. The summed E-state index contributed by atoms with van der Waals surface area (Å²) in [7, 11) is 0. The van der Waals surface area contributed by atoms with Crippen LogP contribution < -0.4 is 4.74 Å². The fourth-order valence-electron chi connectivity index (χ4n) is 0.859. The van der Waals surface area contributed by atoms with Crippen LogP contribution in [-0.4, -0.2) is 12.4 Å². The van der Waals surface area contributed by atoms with Gasteiger partial charge in [0.1, 0.15) is 5.75 Å². The summed E-state index contributed by atoms with van der Waals surface area (Å²) in [6.45, 7) is 3.72. The van der Waals surface area contributed by atoms with Gasteiger partial charge in [-0.1, -0.05) is 17.7 Å². The van der Waals surface area contributed by atoms with Crippen molar-refractivity contribution < 1.29 is 9.53 Å². The quantitative estimate of drug-likeness (QED) is 0.638. The molecule has 0 saturated heterocycles. The second-order valence-electron chi connectivity index (χ2n) is 2.77. The molecule has 64 valence electrons. The van der Waals surface area contributed by atoms with Crippen LogP contribution in [0.25, 0.3) is 0 Å². The first-order valence-electron chi connectivity index (χ1n) is 3.91. The van der Waals surface area contributed by atoms with Crippen LogP contribution in [0.2, 0.25) is 0 Å². The Bertz CT molecular complexity index is 251. The van der Waals surface area contributed by atoms with Gasteiger partial charge in [0, 0.05) is 0 Å². The molecular formula is C10H12O2. The molecule has 0 heterocycles. The number of carbonyl (C=O) groups is 1. The van der Waals surface area contributed by atoms with Crippen LogP contribution in [0, 0.1) is 6.92 Å². The first kappa shape index (κ1) is 8.78. The Morgan fingerprint density at radius 3 is 2.42 bits per heavy atom. The van der Waals surface area contributed by atoms with E-state index in [1.165, 1.54) is 5.56 Å². The van der Waals surface area contributed by atoms with E-state index >= 15 is 0 Å². The van der Waals surface area contributed by atoms with Crippen LogP contribution in [-0.2, 0) is 4.79 Å². The highest BCUT2D eigenvalue weighted by Gasteiger charge is 1.99. The molecule has 0 aliphatic carbocycles. The summed E-state index contributed by atoms with van der Waals surface area (Å²) in [5.74, 6) is 0.736. The molecule has 0 aliphatic rings. The Kier molecular flexibility index (Phi) is 2.86. The highest BCUT2D eigenvalue weighted by molar-refractivity contribution is 5.56. The molecule has 1 aromatic rings. The molecule has 0 aliphatic heterocycles. The molecule has 0 bridgehead atoms. The summed E-state index contributed by atoms with van der Waals surface area (Å²) in [6.07, 6.45) is 0.410. The smallest absolute Gasteiger partial charge is 0.160 e. The number of aldehydes is 1. The van der Waals surface area contributed by atoms with Gasteiger partial charge < -0.3 is 4.74 Å². The van der Waals surface area contributed by atoms with Crippen molar-refractivity contribution in [1.29, 1.82) is 0 Å². The van der Waals surface area contributed by atoms with Gasteiger partial charge in [-0.05, 0) is 26.0 Å². The van der Waals surface area contributed by atoms with E-state index in [0.29, 0.717) is 0 Å². The second kappa shape index (κ2) is 3.90. The Morgan fingerprint density at radius 1 is 1.33 bits per heavy atom. The molecule has 2 heteroatoms. The largest absolute Gasteiger partial charge is 0.483 e. The number of benzene rings is 1. The van der Waals surface area contributed by atoms with Crippen LogP contribution in [0.15, 0.2) is 24.3 Å². The molecule has 0 N–H and O–H groups in total. The van der Waals surface area contributed by atoms with Crippen LogP contribution in [0.5, 0.6) is 5.75 Å². The maximum atomic E-state index is 10.3. The molecule has 0 radical (unpaired) electrons. The van der Waals surface area contributed by atoms with Crippen molar-refractivity contribution in [2.45, 2.75) is 20.0 Å². The second-order valence-corrected chi connectivity index (χ2v) is 2.77. The molecule has 0 aromatic heterocycles. The predicted molar refractivity (Wildman–Crippen MR) is 47.3 cm³/mol. The molecule has 1 rings (SSSR count). The molecule has 0 spiro atoms. The number of carbonyl (C=O) groups excluding carboxylic acids is 1. The lowest BCUT2D eigenvalue weighted by molar-refractivity contribution is -0.113. The normalized spacial score (nSPS) is 12.2. The Morgan fingerprint density at radius 2 is 1.92 bits per heavy atom. The maximum absolute atomic E-state index is 10.3.